The van der Waals surface area contributed by atoms with Crippen molar-refractivity contribution in [1.82, 2.24) is 0 Å². The van der Waals surface area contributed by atoms with Gasteiger partial charge in [-0.2, -0.15) is 0 Å². The Morgan fingerprint density at radius 3 is 1.65 bits per heavy atom. The van der Waals surface area contributed by atoms with E-state index in [4.69, 9.17) is 9.84 Å². The van der Waals surface area contributed by atoms with Gasteiger partial charge in [-0.25, -0.2) is 0 Å². The maximum absolute atomic E-state index is 10.5. The van der Waals surface area contributed by atoms with Crippen molar-refractivity contribution in [1.29, 1.82) is 0 Å². The number of aliphatic hydroxyl groups excluding tert-OH is 1. The fourth-order valence-corrected chi connectivity index (χ4v) is 1.71. The minimum Gasteiger partial charge on any atom is -0.463 e. The topological polar surface area (TPSA) is 63.6 Å². The molecule has 0 aliphatic rings. The highest BCUT2D eigenvalue weighted by atomic mass is 35.5. The van der Waals surface area contributed by atoms with E-state index in [-0.39, 0.29) is 23.4 Å². The van der Waals surface area contributed by atoms with Crippen LogP contribution >= 0.6 is 11.6 Å². The highest BCUT2D eigenvalue weighted by molar-refractivity contribution is 6.62. The molecule has 0 fully saturated rings. The molecule has 0 heterocycles. The molecule has 4 nitrogen and oxygen atoms in total. The summed E-state index contributed by atoms with van der Waals surface area (Å²) in [7, 11) is 0. The fraction of sp³-hybridized carbons (Fsp3) is 0.889. The number of unbranched alkanes of at least 4 members (excludes halogenated alkanes) is 4. The van der Waals surface area contributed by atoms with Gasteiger partial charge in [-0.05, 0) is 44.7 Å². The van der Waals surface area contributed by atoms with Crippen LogP contribution in [0.4, 0.5) is 0 Å². The van der Waals surface area contributed by atoms with Crippen LogP contribution in [-0.2, 0) is 14.3 Å². The monoisotopic (exact) mass is 352 g/mol. The average Bonchev–Trinajstić information content (AvgIpc) is 2.38. The number of rotatable bonds is 9. The van der Waals surface area contributed by atoms with Gasteiger partial charge < -0.3 is 9.84 Å². The largest absolute Gasteiger partial charge is 0.463 e. The van der Waals surface area contributed by atoms with Gasteiger partial charge in [0.15, 0.2) is 0 Å². The summed E-state index contributed by atoms with van der Waals surface area (Å²) in [6.07, 6.45) is 9.23. The summed E-state index contributed by atoms with van der Waals surface area (Å²) in [5, 5.41) is 8.42. The standard InChI is InChI=1S/C9H18O2.C7H16O.C2H3ClO/c1-4-5-6-7-8(2)11-9(3)10;1-3-4-5-6-7(2)8;1-2(3)4/h8H,4-7H2,1-3H3;7-8H,3-6H2,1-2H3;1H3/t8-;7-;/m11./s1. The summed E-state index contributed by atoms with van der Waals surface area (Å²) < 4.78 is 4.96. The molecule has 0 radical (unpaired) electrons. The maximum Gasteiger partial charge on any atom is 0.302 e. The normalized spacial score (nSPS) is 12.0. The molecule has 0 rings (SSSR count). The zero-order chi connectivity index (χ0) is 18.7. The van der Waals surface area contributed by atoms with E-state index in [2.05, 4.69) is 25.4 Å². The first-order valence-electron chi connectivity index (χ1n) is 8.68. The van der Waals surface area contributed by atoms with Gasteiger partial charge in [0, 0.05) is 13.8 Å². The predicted octanol–water partition coefficient (Wildman–Crippen LogP) is 5.24. The number of aliphatic hydroxyl groups is 1. The van der Waals surface area contributed by atoms with E-state index in [9.17, 15) is 9.59 Å². The van der Waals surface area contributed by atoms with E-state index >= 15 is 0 Å². The van der Waals surface area contributed by atoms with Crippen LogP contribution in [0.5, 0.6) is 0 Å². The van der Waals surface area contributed by atoms with Gasteiger partial charge in [0.2, 0.25) is 5.24 Å². The van der Waals surface area contributed by atoms with Crippen LogP contribution in [0.1, 0.15) is 92.9 Å². The second-order valence-corrected chi connectivity index (χ2v) is 6.26. The van der Waals surface area contributed by atoms with E-state index in [1.807, 2.05) is 13.8 Å². The molecule has 1 N–H and O–H groups in total. The van der Waals surface area contributed by atoms with Gasteiger partial charge in [-0.3, -0.25) is 9.59 Å². The van der Waals surface area contributed by atoms with Gasteiger partial charge in [0.25, 0.3) is 0 Å². The third-order valence-corrected chi connectivity index (χ3v) is 2.81. The number of hydrogen-bond acceptors (Lipinski definition) is 4. The zero-order valence-corrected chi connectivity index (χ0v) is 16.6. The molecular formula is C18H37ClO4. The Balaban J connectivity index is -0.000000292. The van der Waals surface area contributed by atoms with Crippen molar-refractivity contribution in [2.24, 2.45) is 0 Å². The number of ether oxygens (including phenoxy) is 1. The number of halogens is 1. The molecule has 0 aromatic carbocycles. The van der Waals surface area contributed by atoms with Crippen molar-refractivity contribution in [3.63, 3.8) is 0 Å². The lowest BCUT2D eigenvalue weighted by Crippen LogP contribution is -2.11. The van der Waals surface area contributed by atoms with Crippen molar-refractivity contribution in [3.8, 4) is 0 Å². The first kappa shape index (κ1) is 27.2. The Hall–Kier alpha value is -0.610. The van der Waals surface area contributed by atoms with Gasteiger partial charge in [0.05, 0.1) is 12.2 Å². The van der Waals surface area contributed by atoms with Crippen LogP contribution < -0.4 is 0 Å². The van der Waals surface area contributed by atoms with E-state index in [1.165, 1.54) is 46.0 Å². The van der Waals surface area contributed by atoms with Gasteiger partial charge in [-0.1, -0.05) is 46.0 Å². The van der Waals surface area contributed by atoms with Crippen LogP contribution in [0, 0.1) is 0 Å². The average molecular weight is 353 g/mol. The number of hydrogen-bond donors (Lipinski definition) is 1. The van der Waals surface area contributed by atoms with Crippen molar-refractivity contribution in [2.75, 3.05) is 0 Å². The van der Waals surface area contributed by atoms with Crippen LogP contribution in [0.25, 0.3) is 0 Å². The third kappa shape index (κ3) is 44.9. The molecule has 0 unspecified atom stereocenters. The van der Waals surface area contributed by atoms with Crippen molar-refractivity contribution < 1.29 is 19.4 Å². The molecule has 0 aromatic rings. The molecule has 0 aliphatic heterocycles. The van der Waals surface area contributed by atoms with E-state index < -0.39 is 0 Å². The summed E-state index contributed by atoms with van der Waals surface area (Å²) in [5.74, 6) is -0.172. The Kier molecular flexibility index (Phi) is 25.3. The summed E-state index contributed by atoms with van der Waals surface area (Å²) >= 11 is 4.64. The van der Waals surface area contributed by atoms with E-state index in [1.54, 1.807) is 0 Å². The minimum atomic E-state index is -0.361. The lowest BCUT2D eigenvalue weighted by Gasteiger charge is -2.10. The minimum absolute atomic E-state index is 0.0958. The van der Waals surface area contributed by atoms with Crippen LogP contribution in [0.15, 0.2) is 0 Å². The van der Waals surface area contributed by atoms with Gasteiger partial charge in [-0.15, -0.1) is 0 Å². The van der Waals surface area contributed by atoms with Gasteiger partial charge in [0.1, 0.15) is 0 Å². The smallest absolute Gasteiger partial charge is 0.302 e. The van der Waals surface area contributed by atoms with E-state index in [0.717, 1.165) is 19.3 Å². The fourth-order valence-electron chi connectivity index (χ4n) is 1.71. The molecule has 0 saturated carbocycles. The molecule has 0 bridgehead atoms. The zero-order valence-electron chi connectivity index (χ0n) is 15.9. The summed E-state index contributed by atoms with van der Waals surface area (Å²) in [4.78, 5) is 19.7. The number of carbonyl (C=O) groups excluding carboxylic acids is 2. The van der Waals surface area contributed by atoms with Crippen molar-refractivity contribution in [2.45, 2.75) is 105 Å². The van der Waals surface area contributed by atoms with E-state index in [0.29, 0.717) is 0 Å². The lowest BCUT2D eigenvalue weighted by molar-refractivity contribution is -0.145. The Morgan fingerprint density at radius 1 is 0.957 bits per heavy atom. The van der Waals surface area contributed by atoms with Crippen molar-refractivity contribution in [3.05, 3.63) is 0 Å². The maximum atomic E-state index is 10.5. The lowest BCUT2D eigenvalue weighted by atomic mass is 10.1. The summed E-state index contributed by atoms with van der Waals surface area (Å²) in [5.41, 5.74) is 0. The Bertz CT molecular complexity index is 264. The SMILES string of the molecule is CC(=O)Cl.CCCCC[C@@H](C)O.CCCCC[C@@H](C)OC(C)=O. The molecule has 0 saturated heterocycles. The third-order valence-electron chi connectivity index (χ3n) is 2.81. The van der Waals surface area contributed by atoms with Crippen LogP contribution in [-0.4, -0.2) is 28.5 Å². The first-order valence-corrected chi connectivity index (χ1v) is 9.06. The molecule has 0 aromatic heterocycles. The Morgan fingerprint density at radius 2 is 1.35 bits per heavy atom. The number of esters is 1. The highest BCUT2D eigenvalue weighted by Gasteiger charge is 2.03. The molecule has 0 aliphatic carbocycles. The van der Waals surface area contributed by atoms with Crippen molar-refractivity contribution >= 4 is 22.8 Å². The molecule has 2 atom stereocenters. The first-order chi connectivity index (χ1) is 10.7. The molecule has 5 heteroatoms. The summed E-state index contributed by atoms with van der Waals surface area (Å²) in [6, 6.07) is 0. The molecular weight excluding hydrogens is 316 g/mol. The second kappa shape index (κ2) is 21.4. The molecule has 23 heavy (non-hydrogen) atoms. The second-order valence-electron chi connectivity index (χ2n) is 5.73. The Labute approximate surface area is 147 Å². The molecule has 0 amide bonds. The molecule has 0 spiro atoms. The summed E-state index contributed by atoms with van der Waals surface area (Å²) in [6.45, 7) is 10.9. The predicted molar refractivity (Wildman–Crippen MR) is 97.7 cm³/mol. The number of carbonyl (C=O) groups is 2. The molecule has 140 valence electrons. The highest BCUT2D eigenvalue weighted by Crippen LogP contribution is 2.05. The van der Waals surface area contributed by atoms with Crippen LogP contribution in [0.3, 0.4) is 0 Å². The van der Waals surface area contributed by atoms with Crippen LogP contribution in [0.2, 0.25) is 0 Å². The quantitative estimate of drug-likeness (QED) is 0.350. The van der Waals surface area contributed by atoms with Gasteiger partial charge >= 0.3 is 5.97 Å².